The fourth-order valence-corrected chi connectivity index (χ4v) is 8.85. The molecule has 27 nitrogen and oxygen atoms in total. The zero-order chi connectivity index (χ0) is 67.7. The number of hydrogen-bond acceptors (Lipinski definition) is 23. The number of likely N-dealkylation sites (tertiary alicyclic amines) is 1. The monoisotopic (exact) mass is 1400 g/mol. The van der Waals surface area contributed by atoms with Gasteiger partial charge in [-0.15, -0.1) is 0 Å². The van der Waals surface area contributed by atoms with Gasteiger partial charge in [-0.3, -0.25) is 24.7 Å². The molecule has 2 saturated heterocycles. The van der Waals surface area contributed by atoms with Crippen LogP contribution in [0.15, 0.2) is 206 Å². The number of aliphatic carboxylic acids is 1. The summed E-state index contributed by atoms with van der Waals surface area (Å²) in [7, 11) is -1.38. The van der Waals surface area contributed by atoms with Crippen molar-refractivity contribution in [1.29, 1.82) is 0 Å². The van der Waals surface area contributed by atoms with Crippen molar-refractivity contribution in [3.8, 4) is 34.0 Å². The van der Waals surface area contributed by atoms with Gasteiger partial charge in [0.05, 0.1) is 13.2 Å². The predicted molar refractivity (Wildman–Crippen MR) is 341 cm³/mol. The second-order valence-corrected chi connectivity index (χ2v) is 20.4. The van der Waals surface area contributed by atoms with Crippen LogP contribution in [0, 0.1) is 0 Å². The topological polar surface area (TPSA) is 417 Å². The molecule has 2 aliphatic rings. The van der Waals surface area contributed by atoms with Crippen LogP contribution in [0.4, 0.5) is 13.2 Å². The SMILES string of the molecule is CCOC(=O)c1cc(-c2ccncc2)on1.CCOC(=O)c1cc(Br)on1.O.O=C(O)C(F)(F)F.O=C(O)c1cc(-c2ccncc2)on1.O=C(c1cc(-c2ccncc2)on1)N1CCC(c2ccccc2)CC1.OB(O)c1ccncc1.[Li+].[OH-].c1ccc(C2CCNCC2)cc1. The van der Waals surface area contributed by atoms with E-state index in [0.29, 0.717) is 52.2 Å². The van der Waals surface area contributed by atoms with Crippen LogP contribution in [0.3, 0.4) is 0 Å². The Labute approximate surface area is 573 Å². The summed E-state index contributed by atoms with van der Waals surface area (Å²) < 4.78 is 61.4. The van der Waals surface area contributed by atoms with Crippen molar-refractivity contribution in [1.82, 2.24) is 50.8 Å². The molecule has 10 heterocycles. The predicted octanol–water partition coefficient (Wildman–Crippen LogP) is 6.27. The second-order valence-electron chi connectivity index (χ2n) is 19.6. The minimum absolute atomic E-state index is 0. The number of halogens is 4. The first kappa shape index (κ1) is 81.2. The molecule has 0 atom stereocenters. The maximum atomic E-state index is 12.7. The second kappa shape index (κ2) is 43.1. The summed E-state index contributed by atoms with van der Waals surface area (Å²) in [6, 6.07) is 41.2. The first-order valence-electron chi connectivity index (χ1n) is 28.8. The van der Waals surface area contributed by atoms with Crippen molar-refractivity contribution in [3.63, 3.8) is 0 Å². The minimum Gasteiger partial charge on any atom is -0.870 e. The number of nitrogens with zero attached hydrogens (tertiary/aromatic N) is 9. The van der Waals surface area contributed by atoms with Crippen LogP contribution in [-0.4, -0.2) is 159 Å². The maximum Gasteiger partial charge on any atom is 1.00 e. The molecular formula is C64H66BBrF3LiN10O17. The Hall–Kier alpha value is -10.0. The van der Waals surface area contributed by atoms with E-state index in [1.54, 1.807) is 99.6 Å². The Morgan fingerprint density at radius 1 is 0.557 bits per heavy atom. The number of piperidine rings is 2. The molecule has 0 radical (unpaired) electrons. The van der Waals surface area contributed by atoms with Gasteiger partial charge in [0, 0.05) is 104 Å². The van der Waals surface area contributed by atoms with Gasteiger partial charge in [0.2, 0.25) is 4.67 Å². The van der Waals surface area contributed by atoms with Crippen molar-refractivity contribution in [2.45, 2.75) is 57.5 Å². The number of nitrogens with one attached hydrogen (secondary N) is 1. The summed E-state index contributed by atoms with van der Waals surface area (Å²) in [5, 5.41) is 50.7. The minimum atomic E-state index is -5.08. The molecule has 0 spiro atoms. The Morgan fingerprint density at radius 2 is 0.907 bits per heavy atom. The van der Waals surface area contributed by atoms with E-state index < -0.39 is 37.2 Å². The van der Waals surface area contributed by atoms with Gasteiger partial charge in [0.15, 0.2) is 40.1 Å². The molecule has 2 fully saturated rings. The van der Waals surface area contributed by atoms with Crippen LogP contribution in [-0.2, 0) is 14.3 Å². The summed E-state index contributed by atoms with van der Waals surface area (Å²) >= 11 is 3.01. The van der Waals surface area contributed by atoms with Crippen LogP contribution in [0.1, 0.15) is 104 Å². The number of pyridine rings is 4. The number of aromatic nitrogens is 8. The number of carbonyl (C=O) groups is 5. The van der Waals surface area contributed by atoms with Crippen LogP contribution in [0.5, 0.6) is 0 Å². The Bertz CT molecular complexity index is 3860. The number of alkyl halides is 3. The van der Waals surface area contributed by atoms with Gasteiger partial charge in [-0.1, -0.05) is 81.3 Å². The molecule has 0 aliphatic carbocycles. The van der Waals surface area contributed by atoms with Crippen LogP contribution >= 0.6 is 15.9 Å². The third-order valence-corrected chi connectivity index (χ3v) is 13.6. The fraction of sp³-hybridized carbons (Fsp3) is 0.234. The number of benzene rings is 2. The van der Waals surface area contributed by atoms with E-state index in [2.05, 4.69) is 126 Å². The average molecular weight is 1400 g/mol. The number of rotatable bonds is 12. The molecule has 12 rings (SSSR count). The summed E-state index contributed by atoms with van der Waals surface area (Å²) in [5.74, 6) is -2.02. The Morgan fingerprint density at radius 3 is 1.26 bits per heavy atom. The molecule has 10 aromatic rings. The van der Waals surface area contributed by atoms with Crippen LogP contribution in [0.2, 0.25) is 0 Å². The number of carboxylic acids is 2. The number of carboxylic acid groups (broad SMARTS) is 2. The molecule has 97 heavy (non-hydrogen) atoms. The van der Waals surface area contributed by atoms with Crippen molar-refractivity contribution >= 4 is 58.3 Å². The van der Waals surface area contributed by atoms with Gasteiger partial charge in [0.25, 0.3) is 5.91 Å². The summed E-state index contributed by atoms with van der Waals surface area (Å²) in [5.41, 5.74) is 6.39. The largest absolute Gasteiger partial charge is 1.00 e. The van der Waals surface area contributed by atoms with Crippen molar-refractivity contribution < 1.29 is 115 Å². The number of ether oxygens (including phenoxy) is 2. The van der Waals surface area contributed by atoms with E-state index in [1.807, 2.05) is 23.1 Å². The summed E-state index contributed by atoms with van der Waals surface area (Å²) in [6.07, 6.45) is 12.3. The number of aromatic carboxylic acids is 1. The van der Waals surface area contributed by atoms with Crippen molar-refractivity contribution in [3.05, 3.63) is 222 Å². The van der Waals surface area contributed by atoms with E-state index in [-0.39, 0.29) is 52.8 Å². The van der Waals surface area contributed by atoms with Gasteiger partial charge in [-0.25, -0.2) is 19.2 Å². The van der Waals surface area contributed by atoms with Crippen LogP contribution in [0.25, 0.3) is 34.0 Å². The number of amides is 1. The average Bonchev–Trinajstić information content (AvgIpc) is 1.84. The van der Waals surface area contributed by atoms with Crippen molar-refractivity contribution in [2.24, 2.45) is 0 Å². The Balaban J connectivity index is 0.000000304. The fourth-order valence-electron chi connectivity index (χ4n) is 8.56. The van der Waals surface area contributed by atoms with Gasteiger partial charge >= 0.3 is 56.0 Å². The zero-order valence-corrected chi connectivity index (χ0v) is 54.0. The van der Waals surface area contributed by atoms with Crippen LogP contribution < -0.4 is 29.6 Å². The van der Waals surface area contributed by atoms with Gasteiger partial charge in [-0.2, -0.15) is 13.2 Å². The molecular weight excluding hydrogens is 1340 g/mol. The third kappa shape index (κ3) is 27.7. The number of hydrogen-bond donors (Lipinski definition) is 5. The van der Waals surface area contributed by atoms with E-state index in [1.165, 1.54) is 61.6 Å². The molecule has 8 aromatic heterocycles. The molecule has 8 N–H and O–H groups in total. The van der Waals surface area contributed by atoms with Gasteiger partial charge in [0.1, 0.15) is 0 Å². The number of esters is 2. The Kier molecular flexibility index (Phi) is 36.1. The molecule has 33 heteroatoms. The smallest absolute Gasteiger partial charge is 0.870 e. The van der Waals surface area contributed by atoms with Gasteiger partial charge < -0.3 is 69.0 Å². The van der Waals surface area contributed by atoms with Gasteiger partial charge in [-0.05, 0) is 146 Å². The first-order chi connectivity index (χ1) is 45.3. The van der Waals surface area contributed by atoms with E-state index in [0.717, 1.165) is 48.5 Å². The normalized spacial score (nSPS) is 12.2. The van der Waals surface area contributed by atoms with E-state index in [9.17, 15) is 32.3 Å². The van der Waals surface area contributed by atoms with E-state index in [4.69, 9.17) is 43.4 Å². The standard InChI is InChI=1S/C20H19N3O2.C11H10N2O3.C11H15N.C9H6N2O3.C6H6BrNO3.C5H6BNO2.C2HF3O2.Li.2H2O/c24-20(18-14-19(25-22-18)17-6-10-21-11-7-17)23-12-8-16(9-13-23)15-4-2-1-3-5-15;1-2-15-11(14)9-7-10(16-13-9)8-3-5-12-6-4-8;1-2-4-10(5-3-1)11-6-8-12-9-7-11;12-9(13)7-5-8(14-11-7)6-1-3-10-4-2-6;1-2-10-6(9)4-3-5(7)11-8-4;8-6(9)5-1-3-7-4-2-5;3-2(4,5)1(6)7;;;/h1-7,10-11,14,16H,8-9,12-13H2;3-7H,2H2,1H3;1-5,11-12H,6-9H2;1-5H,(H,12,13);3H,2H2,1H3;1-4,8-9H;(H,6,7);;2*1H2/q;;;;;;;+1;;/p-1. The quantitative estimate of drug-likeness (QED) is 0.0664. The molecule has 2 aliphatic heterocycles. The maximum absolute atomic E-state index is 12.7. The molecule has 2 aromatic carbocycles. The zero-order valence-electron chi connectivity index (χ0n) is 52.4. The molecule has 0 bridgehead atoms. The third-order valence-electron chi connectivity index (χ3n) is 13.2. The summed E-state index contributed by atoms with van der Waals surface area (Å²) in [4.78, 5) is 71.6. The molecule has 0 saturated carbocycles. The summed E-state index contributed by atoms with van der Waals surface area (Å²) in [6.45, 7) is 7.97. The molecule has 506 valence electrons. The van der Waals surface area contributed by atoms with Crippen molar-refractivity contribution in [2.75, 3.05) is 39.4 Å². The van der Waals surface area contributed by atoms with E-state index >= 15 is 0 Å². The molecule has 0 unspecified atom stereocenters. The first-order valence-corrected chi connectivity index (χ1v) is 29.6. The number of carbonyl (C=O) groups excluding carboxylic acids is 3. The molecule has 1 amide bonds.